The molecule has 9 nitrogen and oxygen atoms in total. The second-order valence-corrected chi connectivity index (χ2v) is 22.6. The molecular weight excluding hydrogens is 904 g/mol. The number of unbranched alkanes of at least 4 members (excludes halogenated alkanes) is 29. The average molecular weight is 1020 g/mol. The van der Waals surface area contributed by atoms with Crippen LogP contribution in [0.25, 0.3) is 0 Å². The van der Waals surface area contributed by atoms with Crippen LogP contribution in [0.5, 0.6) is 0 Å². The van der Waals surface area contributed by atoms with Gasteiger partial charge in [0.2, 0.25) is 5.91 Å². The van der Waals surface area contributed by atoms with Crippen LogP contribution in [0.4, 0.5) is 0 Å². The van der Waals surface area contributed by atoms with Crippen LogP contribution in [-0.2, 0) is 27.9 Å². The fraction of sp³-hybridized carbons (Fsp3) is 0.803. The molecule has 1 amide bonds. The molecule has 0 aromatic rings. The summed E-state index contributed by atoms with van der Waals surface area (Å²) in [7, 11) is 1.16. The summed E-state index contributed by atoms with van der Waals surface area (Å²) in [5.41, 5.74) is 0. The number of phosphoric acid groups is 1. The third-order valence-electron chi connectivity index (χ3n) is 12.9. The maximum Gasteiger partial charge on any atom is 0.306 e. The van der Waals surface area contributed by atoms with Crippen molar-refractivity contribution in [2.75, 3.05) is 40.9 Å². The van der Waals surface area contributed by atoms with E-state index in [2.05, 4.69) is 68.6 Å². The van der Waals surface area contributed by atoms with Crippen LogP contribution in [-0.4, -0.2) is 69.4 Å². The molecule has 10 heteroatoms. The van der Waals surface area contributed by atoms with Crippen molar-refractivity contribution < 1.29 is 37.3 Å². The molecule has 0 heterocycles. The first-order valence-electron chi connectivity index (χ1n) is 29.6. The van der Waals surface area contributed by atoms with Gasteiger partial charge in [-0.25, -0.2) is 0 Å². The lowest BCUT2D eigenvalue weighted by Crippen LogP contribution is -2.47. The topological polar surface area (TPSA) is 114 Å². The van der Waals surface area contributed by atoms with Gasteiger partial charge in [-0.1, -0.05) is 230 Å². The van der Waals surface area contributed by atoms with Crippen LogP contribution in [0.2, 0.25) is 0 Å². The van der Waals surface area contributed by atoms with Crippen molar-refractivity contribution in [3.8, 4) is 0 Å². The lowest BCUT2D eigenvalue weighted by molar-refractivity contribution is -0.870. The minimum atomic E-state index is -4.70. The van der Waals surface area contributed by atoms with E-state index in [1.54, 1.807) is 0 Å². The molecule has 0 rings (SSSR count). The number of rotatable bonds is 53. The monoisotopic (exact) mass is 1020 g/mol. The Morgan fingerprint density at radius 3 is 1.32 bits per heavy atom. The first-order valence-corrected chi connectivity index (χ1v) is 31.1. The number of quaternary nitrogens is 1. The summed E-state index contributed by atoms with van der Waals surface area (Å²) in [6, 6.07) is -0.911. The number of phosphoric ester groups is 1. The Morgan fingerprint density at radius 2 is 0.873 bits per heavy atom. The van der Waals surface area contributed by atoms with E-state index in [1.807, 2.05) is 39.4 Å². The van der Waals surface area contributed by atoms with Crippen molar-refractivity contribution in [1.29, 1.82) is 0 Å². The van der Waals surface area contributed by atoms with Gasteiger partial charge in [0.05, 0.1) is 33.8 Å². The van der Waals surface area contributed by atoms with Crippen LogP contribution >= 0.6 is 7.82 Å². The summed E-state index contributed by atoms with van der Waals surface area (Å²) in [5, 5.41) is 3.01. The van der Waals surface area contributed by atoms with E-state index in [4.69, 9.17) is 13.8 Å². The number of carbonyl (C=O) groups is 2. The number of nitrogens with one attached hydrogen (secondary N) is 1. The van der Waals surface area contributed by atoms with E-state index in [-0.39, 0.29) is 18.9 Å². The highest BCUT2D eigenvalue weighted by Crippen LogP contribution is 2.38. The molecular formula is C61H113N2O7P. The molecule has 414 valence electrons. The van der Waals surface area contributed by atoms with Crippen LogP contribution in [0, 0.1) is 0 Å². The van der Waals surface area contributed by atoms with Gasteiger partial charge < -0.3 is 28.5 Å². The van der Waals surface area contributed by atoms with Crippen LogP contribution in [0.15, 0.2) is 60.8 Å². The molecule has 1 N–H and O–H groups in total. The first-order chi connectivity index (χ1) is 34.4. The van der Waals surface area contributed by atoms with Gasteiger partial charge in [-0.15, -0.1) is 0 Å². The SMILES string of the molecule is CCCCC/C=C\C/C=C\CCCCCCCCCCCCCC(=O)NC(COP(=O)([O-])OCC[N+](C)(C)C)C(/C=C\CCCCCCCCCCC)OC(=O)CC/C=C/C/C=C\CCCCCCCC. The summed E-state index contributed by atoms with van der Waals surface area (Å²) in [6.07, 6.45) is 63.5. The number of carbonyl (C=O) groups excluding carboxylic acids is 2. The van der Waals surface area contributed by atoms with Crippen LogP contribution < -0.4 is 10.2 Å². The summed E-state index contributed by atoms with van der Waals surface area (Å²) in [4.78, 5) is 39.8. The normalized spacial score (nSPS) is 14.2. The zero-order valence-corrected chi connectivity index (χ0v) is 48.1. The zero-order chi connectivity index (χ0) is 52.2. The molecule has 0 radical (unpaired) electrons. The maximum atomic E-state index is 13.5. The van der Waals surface area contributed by atoms with Crippen LogP contribution in [0.3, 0.4) is 0 Å². The van der Waals surface area contributed by atoms with Gasteiger partial charge in [0, 0.05) is 12.8 Å². The minimum absolute atomic E-state index is 0.0310. The predicted octanol–water partition coefficient (Wildman–Crippen LogP) is 17.3. The van der Waals surface area contributed by atoms with E-state index in [9.17, 15) is 19.0 Å². The van der Waals surface area contributed by atoms with E-state index in [1.165, 1.54) is 161 Å². The predicted molar refractivity (Wildman–Crippen MR) is 302 cm³/mol. The molecule has 3 unspecified atom stereocenters. The van der Waals surface area contributed by atoms with Gasteiger partial charge in [-0.2, -0.15) is 0 Å². The largest absolute Gasteiger partial charge is 0.756 e. The van der Waals surface area contributed by atoms with Gasteiger partial charge >= 0.3 is 5.97 Å². The number of allylic oxidation sites excluding steroid dienone is 9. The third kappa shape index (κ3) is 52.4. The summed E-state index contributed by atoms with van der Waals surface area (Å²) < 4.78 is 30.2. The first kappa shape index (κ1) is 68.7. The third-order valence-corrected chi connectivity index (χ3v) is 13.9. The Hall–Kier alpha value is -2.29. The number of ether oxygens (including phenoxy) is 1. The van der Waals surface area contributed by atoms with Crippen molar-refractivity contribution in [3.63, 3.8) is 0 Å². The zero-order valence-electron chi connectivity index (χ0n) is 47.2. The molecule has 0 bridgehead atoms. The number of hydrogen-bond donors (Lipinski definition) is 1. The molecule has 0 aromatic heterocycles. The Labute approximate surface area is 439 Å². The van der Waals surface area contributed by atoms with Gasteiger partial charge in [-0.3, -0.25) is 14.2 Å². The molecule has 0 aliphatic heterocycles. The molecule has 0 aromatic carbocycles. The Morgan fingerprint density at radius 1 is 0.493 bits per heavy atom. The van der Waals surface area contributed by atoms with Gasteiger partial charge in [-0.05, 0) is 83.1 Å². The lowest BCUT2D eigenvalue weighted by Gasteiger charge is -2.30. The highest BCUT2D eigenvalue weighted by atomic mass is 31.2. The van der Waals surface area contributed by atoms with Gasteiger partial charge in [0.1, 0.15) is 19.3 Å². The standard InChI is InChI=1S/C61H113N2O7P/c1-7-10-13-16-19-22-25-27-28-29-30-31-32-33-34-36-38-41-44-47-50-53-60(64)62-58(57-69-71(66,67)68-56-55-63(4,5)6)59(52-49-46-43-40-37-24-21-18-15-12-9-3)70-61(65)54-51-48-45-42-39-35-26-23-20-17-14-11-8-2/h19,22,27-28,35,39,45,48-49,52,58-59H,7-18,20-21,23-26,29-34,36-38,40-44,46-47,50-51,53-57H2,1-6H3,(H-,62,64,66,67)/b22-19-,28-27-,39-35-,48-45+,52-49-. The Balaban J connectivity index is 5.26. The maximum absolute atomic E-state index is 13.5. The van der Waals surface area contributed by atoms with Gasteiger partial charge in [0.15, 0.2) is 0 Å². The molecule has 0 saturated heterocycles. The van der Waals surface area contributed by atoms with Crippen molar-refractivity contribution in [2.45, 2.75) is 277 Å². The van der Waals surface area contributed by atoms with E-state index < -0.39 is 32.5 Å². The molecule has 0 spiro atoms. The lowest BCUT2D eigenvalue weighted by atomic mass is 10.0. The number of nitrogens with zero attached hydrogens (tertiary/aromatic N) is 1. The van der Waals surface area contributed by atoms with Crippen LogP contribution in [0.1, 0.15) is 265 Å². The van der Waals surface area contributed by atoms with Crippen molar-refractivity contribution in [2.24, 2.45) is 0 Å². The number of esters is 1. The second kappa shape index (κ2) is 51.2. The van der Waals surface area contributed by atoms with E-state index in [0.29, 0.717) is 23.9 Å². The quantitative estimate of drug-likeness (QED) is 0.0212. The molecule has 0 saturated carbocycles. The Bertz CT molecular complexity index is 1400. The molecule has 0 aliphatic carbocycles. The minimum Gasteiger partial charge on any atom is -0.756 e. The van der Waals surface area contributed by atoms with Crippen molar-refractivity contribution in [3.05, 3.63) is 60.8 Å². The summed E-state index contributed by atoms with van der Waals surface area (Å²) in [6.45, 7) is 6.77. The highest BCUT2D eigenvalue weighted by Gasteiger charge is 2.27. The fourth-order valence-corrected chi connectivity index (χ4v) is 9.03. The molecule has 71 heavy (non-hydrogen) atoms. The number of amides is 1. The fourth-order valence-electron chi connectivity index (χ4n) is 8.31. The average Bonchev–Trinajstić information content (AvgIpc) is 3.33. The van der Waals surface area contributed by atoms with Crippen molar-refractivity contribution in [1.82, 2.24) is 5.32 Å². The Kier molecular flexibility index (Phi) is 49.6. The smallest absolute Gasteiger partial charge is 0.306 e. The summed E-state index contributed by atoms with van der Waals surface area (Å²) >= 11 is 0. The van der Waals surface area contributed by atoms with Gasteiger partial charge in [0.25, 0.3) is 7.82 Å². The number of hydrogen-bond acceptors (Lipinski definition) is 7. The highest BCUT2D eigenvalue weighted by molar-refractivity contribution is 7.45. The number of likely N-dealkylation sites (N-methyl/N-ethyl adjacent to an activating group) is 1. The molecule has 3 atom stereocenters. The molecule has 0 aliphatic rings. The summed E-state index contributed by atoms with van der Waals surface area (Å²) in [5.74, 6) is -0.620. The second-order valence-electron chi connectivity index (χ2n) is 21.1. The van der Waals surface area contributed by atoms with E-state index in [0.717, 1.165) is 64.2 Å². The van der Waals surface area contributed by atoms with Crippen molar-refractivity contribution >= 4 is 19.7 Å². The van der Waals surface area contributed by atoms with E-state index >= 15 is 0 Å². The molecule has 0 fully saturated rings.